The molecule has 25 heavy (non-hydrogen) atoms. The van der Waals surface area contributed by atoms with Crippen molar-refractivity contribution in [1.82, 2.24) is 4.90 Å². The zero-order chi connectivity index (χ0) is 18.5. The van der Waals surface area contributed by atoms with Crippen molar-refractivity contribution >= 4 is 73.3 Å². The molecule has 1 N–H and O–H groups in total. The first-order valence-corrected chi connectivity index (χ1v) is 9.44. The van der Waals surface area contributed by atoms with E-state index in [1.54, 1.807) is 11.0 Å². The van der Waals surface area contributed by atoms with Gasteiger partial charge in [0.1, 0.15) is 10.4 Å². The predicted octanol–water partition coefficient (Wildman–Crippen LogP) is 2.86. The Kier molecular flexibility index (Phi) is 4.74. The van der Waals surface area contributed by atoms with Gasteiger partial charge < -0.3 is 10.0 Å². The van der Waals surface area contributed by atoms with Crippen molar-refractivity contribution in [3.8, 4) is 0 Å². The number of amides is 2. The molecule has 1 saturated heterocycles. The first kappa shape index (κ1) is 18.1. The second-order valence-electron chi connectivity index (χ2n) is 5.47. The van der Waals surface area contributed by atoms with E-state index in [0.29, 0.717) is 12.1 Å². The van der Waals surface area contributed by atoms with Crippen LogP contribution >= 0.6 is 39.9 Å². The van der Waals surface area contributed by atoms with Crippen LogP contribution in [0.25, 0.3) is 5.57 Å². The summed E-state index contributed by atoms with van der Waals surface area (Å²) in [6, 6.07) is 4.33. The number of carbonyl (C=O) groups is 3. The second kappa shape index (κ2) is 6.54. The third-order valence-electron chi connectivity index (χ3n) is 4.06. The molecule has 3 rings (SSSR count). The van der Waals surface area contributed by atoms with Crippen molar-refractivity contribution in [3.63, 3.8) is 0 Å². The Labute approximate surface area is 162 Å². The zero-order valence-corrected chi connectivity index (χ0v) is 16.5. The number of aliphatic carboxylic acids is 1. The summed E-state index contributed by atoms with van der Waals surface area (Å²) in [5.74, 6) is -1.98. The minimum absolute atomic E-state index is 0.140. The van der Waals surface area contributed by atoms with Gasteiger partial charge in [-0.05, 0) is 32.0 Å². The molecule has 0 spiro atoms. The van der Waals surface area contributed by atoms with Gasteiger partial charge in [0, 0.05) is 16.6 Å². The largest absolute Gasteiger partial charge is 0.480 e. The summed E-state index contributed by atoms with van der Waals surface area (Å²) in [4.78, 5) is 39.7. The molecule has 2 aliphatic rings. The molecule has 0 aliphatic carbocycles. The number of halogens is 1. The van der Waals surface area contributed by atoms with Gasteiger partial charge in [0.2, 0.25) is 0 Å². The van der Waals surface area contributed by atoms with E-state index in [0.717, 1.165) is 26.8 Å². The van der Waals surface area contributed by atoms with Crippen molar-refractivity contribution < 1.29 is 19.5 Å². The van der Waals surface area contributed by atoms with Gasteiger partial charge in [-0.15, -0.1) is 0 Å². The molecule has 9 heteroatoms. The third-order valence-corrected chi connectivity index (χ3v) is 5.96. The third kappa shape index (κ3) is 2.80. The lowest BCUT2D eigenvalue weighted by Crippen LogP contribution is -2.41. The fourth-order valence-electron chi connectivity index (χ4n) is 2.81. The average Bonchev–Trinajstić information content (AvgIpc) is 2.98. The molecule has 2 heterocycles. The number of carbonyl (C=O) groups excluding carboxylic acids is 2. The van der Waals surface area contributed by atoms with E-state index in [9.17, 15) is 19.5 Å². The van der Waals surface area contributed by atoms with Gasteiger partial charge in [-0.3, -0.25) is 14.5 Å². The number of fused-ring (bicyclic) bond motifs is 1. The van der Waals surface area contributed by atoms with Gasteiger partial charge in [0.25, 0.3) is 11.8 Å². The highest BCUT2D eigenvalue weighted by Gasteiger charge is 2.44. The molecule has 0 unspecified atom stereocenters. The Morgan fingerprint density at radius 1 is 1.36 bits per heavy atom. The van der Waals surface area contributed by atoms with Crippen LogP contribution in [0.2, 0.25) is 0 Å². The molecule has 1 aromatic carbocycles. The molecule has 1 aromatic rings. The monoisotopic (exact) mass is 440 g/mol. The lowest BCUT2D eigenvalue weighted by atomic mass is 10.1. The van der Waals surface area contributed by atoms with E-state index in [-0.39, 0.29) is 20.7 Å². The Morgan fingerprint density at radius 2 is 2.04 bits per heavy atom. The summed E-state index contributed by atoms with van der Waals surface area (Å²) in [5.41, 5.74) is 1.64. The van der Waals surface area contributed by atoms with Crippen molar-refractivity contribution in [2.45, 2.75) is 19.9 Å². The van der Waals surface area contributed by atoms with E-state index in [2.05, 4.69) is 15.9 Å². The van der Waals surface area contributed by atoms with Gasteiger partial charge in [-0.1, -0.05) is 39.9 Å². The molecule has 0 saturated carbocycles. The van der Waals surface area contributed by atoms with E-state index in [4.69, 9.17) is 12.2 Å². The van der Waals surface area contributed by atoms with Crippen molar-refractivity contribution in [2.75, 3.05) is 11.4 Å². The van der Waals surface area contributed by atoms with E-state index < -0.39 is 17.9 Å². The van der Waals surface area contributed by atoms with Crippen LogP contribution < -0.4 is 4.90 Å². The maximum Gasteiger partial charge on any atom is 0.326 e. The number of carboxylic acids is 1. The van der Waals surface area contributed by atoms with Gasteiger partial charge in [0.05, 0.1) is 16.2 Å². The van der Waals surface area contributed by atoms with Crippen LogP contribution in [0.15, 0.2) is 27.6 Å². The number of likely N-dealkylation sites (N-methyl/N-ethyl adjacent to an activating group) is 1. The van der Waals surface area contributed by atoms with Crippen LogP contribution in [-0.2, 0) is 14.4 Å². The SMILES string of the molecule is CCN1C(=O)/C(=C2\SC(=S)N([C@@H](C)C(=O)O)C2=O)c2cc(Br)ccc21. The Bertz CT molecular complexity index is 868. The minimum atomic E-state index is -1.15. The molecular formula is C16H13BrN2O4S2. The van der Waals surface area contributed by atoms with Crippen LogP contribution in [0.4, 0.5) is 5.69 Å². The number of hydrogen-bond acceptors (Lipinski definition) is 5. The fraction of sp³-hybridized carbons (Fsp3) is 0.250. The number of benzene rings is 1. The van der Waals surface area contributed by atoms with Crippen LogP contribution in [0.1, 0.15) is 19.4 Å². The molecule has 0 bridgehead atoms. The molecular weight excluding hydrogens is 428 g/mol. The molecule has 1 fully saturated rings. The lowest BCUT2D eigenvalue weighted by molar-refractivity contribution is -0.144. The number of anilines is 1. The molecule has 1 atom stereocenters. The van der Waals surface area contributed by atoms with Gasteiger partial charge in [-0.2, -0.15) is 0 Å². The Morgan fingerprint density at radius 3 is 2.64 bits per heavy atom. The first-order valence-electron chi connectivity index (χ1n) is 7.42. The summed E-state index contributed by atoms with van der Waals surface area (Å²) in [6.45, 7) is 3.70. The number of nitrogens with zero attached hydrogens (tertiary/aromatic N) is 2. The topological polar surface area (TPSA) is 77.9 Å². The summed E-state index contributed by atoms with van der Waals surface area (Å²) in [7, 11) is 0. The maximum atomic E-state index is 12.9. The second-order valence-corrected chi connectivity index (χ2v) is 8.03. The van der Waals surface area contributed by atoms with Gasteiger partial charge in [-0.25, -0.2) is 4.79 Å². The highest BCUT2D eigenvalue weighted by molar-refractivity contribution is 9.10. The van der Waals surface area contributed by atoms with Crippen LogP contribution in [0.5, 0.6) is 0 Å². The van der Waals surface area contributed by atoms with E-state index in [1.165, 1.54) is 6.92 Å². The quantitative estimate of drug-likeness (QED) is 0.574. The smallest absolute Gasteiger partial charge is 0.326 e. The molecule has 0 aromatic heterocycles. The standard InChI is InChI=1S/C16H13BrN2O4S2/c1-3-18-10-5-4-8(17)6-9(10)11(13(18)20)12-14(21)19(16(24)25-12)7(2)15(22)23/h4-7H,3H2,1-2H3,(H,22,23)/b12-11-/t7-/m0/s1. The van der Waals surface area contributed by atoms with Crippen molar-refractivity contribution in [2.24, 2.45) is 0 Å². The van der Waals surface area contributed by atoms with Crippen LogP contribution in [-0.4, -0.2) is 44.7 Å². The van der Waals surface area contributed by atoms with Crippen molar-refractivity contribution in [3.05, 3.63) is 33.1 Å². The predicted molar refractivity (Wildman–Crippen MR) is 103 cm³/mol. The maximum absolute atomic E-state index is 12.9. The minimum Gasteiger partial charge on any atom is -0.480 e. The first-order chi connectivity index (χ1) is 11.8. The van der Waals surface area contributed by atoms with Crippen LogP contribution in [0.3, 0.4) is 0 Å². The zero-order valence-electron chi connectivity index (χ0n) is 13.3. The number of thiocarbonyl (C=S) groups is 1. The molecule has 2 amide bonds. The lowest BCUT2D eigenvalue weighted by Gasteiger charge is -2.18. The van der Waals surface area contributed by atoms with Gasteiger partial charge in [0.15, 0.2) is 0 Å². The average molecular weight is 441 g/mol. The fourth-order valence-corrected chi connectivity index (χ4v) is 4.66. The molecule has 130 valence electrons. The number of hydrogen-bond donors (Lipinski definition) is 1. The number of rotatable bonds is 3. The Balaban J connectivity index is 2.17. The Hall–Kier alpha value is -1.71. The molecule has 0 radical (unpaired) electrons. The summed E-state index contributed by atoms with van der Waals surface area (Å²) >= 11 is 9.54. The normalized spacial score (nSPS) is 21.2. The molecule has 6 nitrogen and oxygen atoms in total. The van der Waals surface area contributed by atoms with Crippen molar-refractivity contribution in [1.29, 1.82) is 0 Å². The number of carboxylic acid groups (broad SMARTS) is 1. The highest BCUT2D eigenvalue weighted by atomic mass is 79.9. The van der Waals surface area contributed by atoms with Gasteiger partial charge >= 0.3 is 5.97 Å². The summed E-state index contributed by atoms with van der Waals surface area (Å²) < 4.78 is 0.922. The highest BCUT2D eigenvalue weighted by Crippen LogP contribution is 2.45. The summed E-state index contributed by atoms with van der Waals surface area (Å²) in [5, 5.41) is 9.20. The number of thioether (sulfide) groups is 1. The summed E-state index contributed by atoms with van der Waals surface area (Å²) in [6.07, 6.45) is 0. The van der Waals surface area contributed by atoms with Crippen LogP contribution in [0, 0.1) is 0 Å². The molecule has 2 aliphatic heterocycles. The van der Waals surface area contributed by atoms with E-state index >= 15 is 0 Å². The van der Waals surface area contributed by atoms with E-state index in [1.807, 2.05) is 19.1 Å².